The molecule has 4 amide bonds. The van der Waals surface area contributed by atoms with Gasteiger partial charge in [0.1, 0.15) is 18.2 Å². The smallest absolute Gasteiger partial charge is 0.410 e. The number of benzene rings is 1. The van der Waals surface area contributed by atoms with Gasteiger partial charge in [-0.25, -0.2) is 4.79 Å². The molecule has 1 N–H and O–H groups in total. The molecular formula is C22H25N3O7. The fourth-order valence-corrected chi connectivity index (χ4v) is 4.50. The lowest BCUT2D eigenvalue weighted by Crippen LogP contribution is -2.70. The molecule has 4 aliphatic heterocycles. The summed E-state index contributed by atoms with van der Waals surface area (Å²) in [6.07, 6.45) is 0.119. The fraction of sp³-hybridized carbons (Fsp3) is 0.545. The molecule has 5 rings (SSSR count). The van der Waals surface area contributed by atoms with E-state index >= 15 is 0 Å². The van der Waals surface area contributed by atoms with Gasteiger partial charge in [-0.05, 0) is 44.9 Å². The molecule has 10 heteroatoms. The number of imide groups is 1. The monoisotopic (exact) mass is 443 g/mol. The second kappa shape index (κ2) is 6.85. The number of nitrogens with zero attached hydrogens (tertiary/aromatic N) is 2. The summed E-state index contributed by atoms with van der Waals surface area (Å²) in [6, 6.07) is 2.74. The van der Waals surface area contributed by atoms with Gasteiger partial charge in [-0.2, -0.15) is 0 Å². The number of amides is 4. The summed E-state index contributed by atoms with van der Waals surface area (Å²) < 4.78 is 17.5. The van der Waals surface area contributed by atoms with E-state index in [-0.39, 0.29) is 31.4 Å². The zero-order chi connectivity index (χ0) is 22.8. The van der Waals surface area contributed by atoms with Gasteiger partial charge in [-0.1, -0.05) is 0 Å². The van der Waals surface area contributed by atoms with Crippen LogP contribution < -0.4 is 14.8 Å². The highest BCUT2D eigenvalue weighted by Crippen LogP contribution is 2.43. The van der Waals surface area contributed by atoms with Crippen molar-refractivity contribution in [3.8, 4) is 11.5 Å². The summed E-state index contributed by atoms with van der Waals surface area (Å²) >= 11 is 0. The maximum absolute atomic E-state index is 12.9. The SMILES string of the molecule is CC(C)(C)OC(=O)N1CC2(COc3cc4c(cc3O2)CN([C@H]2CCC(=O)NC2=O)C4=O)C1. The summed E-state index contributed by atoms with van der Waals surface area (Å²) in [5.74, 6) is -0.0597. The molecule has 1 spiro atoms. The third kappa shape index (κ3) is 3.43. The second-order valence-electron chi connectivity index (χ2n) is 9.77. The van der Waals surface area contributed by atoms with Gasteiger partial charge < -0.3 is 19.1 Å². The highest BCUT2D eigenvalue weighted by Gasteiger charge is 2.52. The molecule has 0 saturated carbocycles. The van der Waals surface area contributed by atoms with Crippen LogP contribution in [0.25, 0.3) is 0 Å². The molecule has 0 unspecified atom stereocenters. The van der Waals surface area contributed by atoms with Gasteiger partial charge in [-0.3, -0.25) is 24.6 Å². The number of rotatable bonds is 1. The maximum atomic E-state index is 12.9. The lowest BCUT2D eigenvalue weighted by molar-refractivity contribution is -0.136. The molecule has 2 fully saturated rings. The van der Waals surface area contributed by atoms with E-state index in [0.29, 0.717) is 36.6 Å². The third-order valence-electron chi connectivity index (χ3n) is 6.01. The Labute approximate surface area is 184 Å². The molecule has 2 saturated heterocycles. The largest absolute Gasteiger partial charge is 0.485 e. The Balaban J connectivity index is 1.29. The molecule has 170 valence electrons. The predicted molar refractivity (Wildman–Crippen MR) is 109 cm³/mol. The quantitative estimate of drug-likeness (QED) is 0.649. The van der Waals surface area contributed by atoms with Gasteiger partial charge in [0.2, 0.25) is 11.8 Å². The molecule has 4 heterocycles. The van der Waals surface area contributed by atoms with Crippen molar-refractivity contribution in [1.29, 1.82) is 0 Å². The number of nitrogens with one attached hydrogen (secondary N) is 1. The fourth-order valence-electron chi connectivity index (χ4n) is 4.50. The molecule has 1 aromatic rings. The number of likely N-dealkylation sites (tertiary alicyclic amines) is 1. The van der Waals surface area contributed by atoms with Crippen LogP contribution in [0.2, 0.25) is 0 Å². The minimum absolute atomic E-state index is 0.204. The Morgan fingerprint density at radius 3 is 2.62 bits per heavy atom. The summed E-state index contributed by atoms with van der Waals surface area (Å²) in [5.41, 5.74) is -0.0125. The third-order valence-corrected chi connectivity index (χ3v) is 6.01. The lowest BCUT2D eigenvalue weighted by atomic mass is 9.94. The summed E-state index contributed by atoms with van der Waals surface area (Å²) in [5, 5.41) is 2.30. The highest BCUT2D eigenvalue weighted by atomic mass is 16.6. The average molecular weight is 443 g/mol. The van der Waals surface area contributed by atoms with Crippen LogP contribution in [0.4, 0.5) is 4.79 Å². The molecule has 0 radical (unpaired) electrons. The van der Waals surface area contributed by atoms with E-state index in [1.807, 2.05) is 20.8 Å². The summed E-state index contributed by atoms with van der Waals surface area (Å²) in [4.78, 5) is 51.9. The molecule has 1 atom stereocenters. The molecule has 10 nitrogen and oxygen atoms in total. The molecule has 0 aliphatic carbocycles. The van der Waals surface area contributed by atoms with Crippen LogP contribution in [-0.2, 0) is 20.9 Å². The molecular weight excluding hydrogens is 418 g/mol. The number of carbonyl (C=O) groups excluding carboxylic acids is 4. The van der Waals surface area contributed by atoms with Gasteiger partial charge in [0, 0.05) is 18.5 Å². The summed E-state index contributed by atoms with van der Waals surface area (Å²) in [6.45, 7) is 6.65. The first-order chi connectivity index (χ1) is 15.0. The molecule has 0 bridgehead atoms. The molecule has 32 heavy (non-hydrogen) atoms. The summed E-state index contributed by atoms with van der Waals surface area (Å²) in [7, 11) is 0. The standard InChI is InChI=1S/C22H25N3O7/c1-21(2,3)32-20(29)24-9-22(10-24)11-30-15-7-13-12(6-16(15)31-22)8-25(19(13)28)14-4-5-17(26)23-18(14)27/h6-7,14H,4-5,8-11H2,1-3H3,(H,23,26,27)/t14-/m0/s1. The number of hydrogen-bond acceptors (Lipinski definition) is 7. The minimum Gasteiger partial charge on any atom is -0.485 e. The van der Waals surface area contributed by atoms with Crippen molar-refractivity contribution in [1.82, 2.24) is 15.1 Å². The number of ether oxygens (including phenoxy) is 3. The van der Waals surface area contributed by atoms with Crippen LogP contribution in [0.5, 0.6) is 11.5 Å². The Morgan fingerprint density at radius 2 is 1.94 bits per heavy atom. The number of hydrogen-bond donors (Lipinski definition) is 1. The van der Waals surface area contributed by atoms with Crippen molar-refractivity contribution >= 4 is 23.8 Å². The molecule has 0 aromatic heterocycles. The zero-order valence-electron chi connectivity index (χ0n) is 18.2. The van der Waals surface area contributed by atoms with E-state index in [1.165, 1.54) is 4.90 Å². The van der Waals surface area contributed by atoms with Gasteiger partial charge in [0.15, 0.2) is 17.1 Å². The van der Waals surface area contributed by atoms with Gasteiger partial charge in [0.05, 0.1) is 13.1 Å². The highest BCUT2D eigenvalue weighted by molar-refractivity contribution is 6.05. The van der Waals surface area contributed by atoms with E-state index < -0.39 is 29.2 Å². The predicted octanol–water partition coefficient (Wildman–Crippen LogP) is 1.21. The number of carbonyl (C=O) groups is 4. The Hall–Kier alpha value is -3.30. The van der Waals surface area contributed by atoms with Crippen molar-refractivity contribution in [2.75, 3.05) is 19.7 Å². The lowest BCUT2D eigenvalue weighted by Gasteiger charge is -2.50. The van der Waals surface area contributed by atoms with Crippen LogP contribution in [-0.4, -0.2) is 70.6 Å². The van der Waals surface area contributed by atoms with Gasteiger partial charge in [-0.15, -0.1) is 0 Å². The van der Waals surface area contributed by atoms with Crippen LogP contribution in [0.1, 0.15) is 49.5 Å². The van der Waals surface area contributed by atoms with Crippen LogP contribution in [0.3, 0.4) is 0 Å². The van der Waals surface area contributed by atoms with Gasteiger partial charge in [0.25, 0.3) is 5.91 Å². The van der Waals surface area contributed by atoms with Crippen LogP contribution >= 0.6 is 0 Å². The van der Waals surface area contributed by atoms with Gasteiger partial charge >= 0.3 is 6.09 Å². The van der Waals surface area contributed by atoms with Crippen LogP contribution in [0.15, 0.2) is 12.1 Å². The first kappa shape index (κ1) is 20.6. The minimum atomic E-state index is -0.674. The van der Waals surface area contributed by atoms with E-state index in [1.54, 1.807) is 17.0 Å². The van der Waals surface area contributed by atoms with E-state index in [2.05, 4.69) is 5.32 Å². The van der Waals surface area contributed by atoms with E-state index in [0.717, 1.165) is 5.56 Å². The van der Waals surface area contributed by atoms with E-state index in [4.69, 9.17) is 14.2 Å². The van der Waals surface area contributed by atoms with Crippen LogP contribution in [0, 0.1) is 0 Å². The topological polar surface area (TPSA) is 114 Å². The molecule has 1 aromatic carbocycles. The number of piperidine rings is 1. The van der Waals surface area contributed by atoms with Crippen molar-refractivity contribution in [2.45, 2.75) is 57.4 Å². The van der Waals surface area contributed by atoms with Crippen molar-refractivity contribution in [3.63, 3.8) is 0 Å². The van der Waals surface area contributed by atoms with Crippen molar-refractivity contribution in [3.05, 3.63) is 23.3 Å². The second-order valence-corrected chi connectivity index (χ2v) is 9.77. The van der Waals surface area contributed by atoms with E-state index in [9.17, 15) is 19.2 Å². The van der Waals surface area contributed by atoms with Crippen molar-refractivity contribution < 1.29 is 33.4 Å². The maximum Gasteiger partial charge on any atom is 0.410 e. The number of fused-ring (bicyclic) bond motifs is 2. The normalized spacial score (nSPS) is 23.6. The first-order valence-corrected chi connectivity index (χ1v) is 10.6. The Bertz CT molecular complexity index is 1040. The Kier molecular flexibility index (Phi) is 4.41. The Morgan fingerprint density at radius 1 is 1.19 bits per heavy atom. The molecule has 4 aliphatic rings. The average Bonchev–Trinajstić information content (AvgIpc) is 2.98. The zero-order valence-corrected chi connectivity index (χ0v) is 18.2. The van der Waals surface area contributed by atoms with Crippen molar-refractivity contribution in [2.24, 2.45) is 0 Å². The first-order valence-electron chi connectivity index (χ1n) is 10.6.